The molecule has 0 heterocycles. The van der Waals surface area contributed by atoms with Gasteiger partial charge in [0.05, 0.1) is 6.61 Å². The van der Waals surface area contributed by atoms with E-state index in [0.29, 0.717) is 28.6 Å². The highest BCUT2D eigenvalue weighted by molar-refractivity contribution is 7.80. The summed E-state index contributed by atoms with van der Waals surface area (Å²) in [6, 6.07) is 13.3. The summed E-state index contributed by atoms with van der Waals surface area (Å²) in [5, 5.41) is 5.42. The molecule has 0 saturated heterocycles. The van der Waals surface area contributed by atoms with E-state index < -0.39 is 11.8 Å². The fraction of sp³-hybridized carbons (Fsp3) is 0.200. The van der Waals surface area contributed by atoms with Gasteiger partial charge in [-0.05, 0) is 61.6 Å². The lowest BCUT2D eigenvalue weighted by atomic mass is 10.2. The lowest BCUT2D eigenvalue weighted by Gasteiger charge is -2.11. The number of carbonyl (C=O) groups excluding carboxylic acids is 3. The molecule has 0 atom stereocenters. The van der Waals surface area contributed by atoms with Crippen LogP contribution in [0.2, 0.25) is 5.02 Å². The number of hydrazine groups is 1. The predicted molar refractivity (Wildman–Crippen MR) is 118 cm³/mol. The van der Waals surface area contributed by atoms with E-state index in [0.717, 1.165) is 0 Å². The molecule has 3 amide bonds. The summed E-state index contributed by atoms with van der Waals surface area (Å²) in [5.41, 5.74) is 5.66. The predicted octanol–water partition coefficient (Wildman–Crippen LogP) is 2.79. The van der Waals surface area contributed by atoms with E-state index in [1.54, 1.807) is 42.5 Å². The fourth-order valence-electron chi connectivity index (χ4n) is 2.28. The first kappa shape index (κ1) is 23.1. The van der Waals surface area contributed by atoms with Crippen LogP contribution in [0.1, 0.15) is 30.1 Å². The van der Waals surface area contributed by atoms with Gasteiger partial charge in [-0.15, -0.1) is 0 Å². The zero-order valence-corrected chi connectivity index (χ0v) is 17.7. The molecular formula is C20H21ClN4O4S. The molecule has 0 unspecified atom stereocenters. The average Bonchev–Trinajstić information content (AvgIpc) is 2.72. The third kappa shape index (κ3) is 8.06. The average molecular weight is 449 g/mol. The minimum absolute atomic E-state index is 0.0254. The SMILES string of the molecule is CCOc1ccc(NC(=O)CCC(=O)NNC(=S)NC(=O)c2cccc(Cl)c2)cc1. The summed E-state index contributed by atoms with van der Waals surface area (Å²) < 4.78 is 5.33. The van der Waals surface area contributed by atoms with E-state index in [-0.39, 0.29) is 23.9 Å². The van der Waals surface area contributed by atoms with Gasteiger partial charge in [-0.3, -0.25) is 30.6 Å². The molecule has 2 aromatic rings. The molecule has 0 bridgehead atoms. The molecular weight excluding hydrogens is 428 g/mol. The van der Waals surface area contributed by atoms with Gasteiger partial charge < -0.3 is 10.1 Å². The molecule has 0 aromatic heterocycles. The van der Waals surface area contributed by atoms with Crippen LogP contribution in [-0.2, 0) is 9.59 Å². The van der Waals surface area contributed by atoms with Crippen LogP contribution < -0.4 is 26.2 Å². The van der Waals surface area contributed by atoms with Crippen LogP contribution >= 0.6 is 23.8 Å². The van der Waals surface area contributed by atoms with E-state index in [4.69, 9.17) is 28.6 Å². The highest BCUT2D eigenvalue weighted by Crippen LogP contribution is 2.15. The van der Waals surface area contributed by atoms with Crippen molar-refractivity contribution < 1.29 is 19.1 Å². The number of halogens is 1. The highest BCUT2D eigenvalue weighted by atomic mass is 35.5. The molecule has 30 heavy (non-hydrogen) atoms. The lowest BCUT2D eigenvalue weighted by molar-refractivity contribution is -0.124. The molecule has 0 aliphatic heterocycles. The molecule has 10 heteroatoms. The maximum atomic E-state index is 12.0. The second-order valence-corrected chi connectivity index (χ2v) is 6.82. The van der Waals surface area contributed by atoms with Gasteiger partial charge in [0.2, 0.25) is 11.8 Å². The van der Waals surface area contributed by atoms with Gasteiger partial charge in [-0.1, -0.05) is 17.7 Å². The van der Waals surface area contributed by atoms with Crippen molar-refractivity contribution in [3.63, 3.8) is 0 Å². The maximum absolute atomic E-state index is 12.0. The van der Waals surface area contributed by atoms with Crippen LogP contribution in [0.5, 0.6) is 5.75 Å². The maximum Gasteiger partial charge on any atom is 0.257 e. The van der Waals surface area contributed by atoms with Crippen LogP contribution in [0.4, 0.5) is 5.69 Å². The molecule has 0 saturated carbocycles. The van der Waals surface area contributed by atoms with E-state index in [1.807, 2.05) is 6.92 Å². The summed E-state index contributed by atoms with van der Waals surface area (Å²) in [6.45, 7) is 2.44. The van der Waals surface area contributed by atoms with Crippen LogP contribution in [0.15, 0.2) is 48.5 Å². The molecule has 2 aromatic carbocycles. The quantitative estimate of drug-likeness (QED) is 0.383. The Morgan fingerprint density at radius 1 is 1.00 bits per heavy atom. The number of benzene rings is 2. The van der Waals surface area contributed by atoms with Crippen molar-refractivity contribution in [2.75, 3.05) is 11.9 Å². The van der Waals surface area contributed by atoms with Crippen molar-refractivity contribution in [1.82, 2.24) is 16.2 Å². The zero-order chi connectivity index (χ0) is 21.9. The van der Waals surface area contributed by atoms with Gasteiger partial charge in [-0.25, -0.2) is 0 Å². The third-order valence-electron chi connectivity index (χ3n) is 3.66. The van der Waals surface area contributed by atoms with Gasteiger partial charge in [-0.2, -0.15) is 0 Å². The first-order valence-corrected chi connectivity index (χ1v) is 9.84. The van der Waals surface area contributed by atoms with Crippen molar-refractivity contribution in [2.45, 2.75) is 19.8 Å². The van der Waals surface area contributed by atoms with Crippen molar-refractivity contribution in [3.8, 4) is 5.75 Å². The van der Waals surface area contributed by atoms with Crippen molar-refractivity contribution >= 4 is 52.3 Å². The summed E-state index contributed by atoms with van der Waals surface area (Å²) in [4.78, 5) is 35.8. The second-order valence-electron chi connectivity index (χ2n) is 5.97. The molecule has 0 aliphatic rings. The van der Waals surface area contributed by atoms with Crippen LogP contribution in [0, 0.1) is 0 Å². The van der Waals surface area contributed by atoms with Gasteiger partial charge >= 0.3 is 0 Å². The van der Waals surface area contributed by atoms with Crippen LogP contribution in [0.3, 0.4) is 0 Å². The Kier molecular flexibility index (Phi) is 9.04. The Labute approximate surface area is 184 Å². The Morgan fingerprint density at radius 3 is 2.37 bits per heavy atom. The number of ether oxygens (including phenoxy) is 1. The van der Waals surface area contributed by atoms with Gasteiger partial charge in [0.1, 0.15) is 5.75 Å². The molecule has 0 aliphatic carbocycles. The largest absolute Gasteiger partial charge is 0.494 e. The second kappa shape index (κ2) is 11.7. The lowest BCUT2D eigenvalue weighted by Crippen LogP contribution is -2.48. The number of amides is 3. The summed E-state index contributed by atoms with van der Waals surface area (Å²) >= 11 is 10.8. The molecule has 0 fully saturated rings. The van der Waals surface area contributed by atoms with Crippen LogP contribution in [0.25, 0.3) is 0 Å². The van der Waals surface area contributed by atoms with Gasteiger partial charge in [0.15, 0.2) is 5.11 Å². The number of carbonyl (C=O) groups is 3. The number of anilines is 1. The molecule has 2 rings (SSSR count). The van der Waals surface area contributed by atoms with Crippen LogP contribution in [-0.4, -0.2) is 29.4 Å². The monoisotopic (exact) mass is 448 g/mol. The van der Waals surface area contributed by atoms with Crippen molar-refractivity contribution in [3.05, 3.63) is 59.1 Å². The highest BCUT2D eigenvalue weighted by Gasteiger charge is 2.10. The minimum atomic E-state index is -0.473. The summed E-state index contributed by atoms with van der Waals surface area (Å²) in [5.74, 6) is -0.541. The Balaban J connectivity index is 1.68. The van der Waals surface area contributed by atoms with Gasteiger partial charge in [0.25, 0.3) is 5.91 Å². The number of hydrogen-bond donors (Lipinski definition) is 4. The topological polar surface area (TPSA) is 109 Å². The number of rotatable bonds is 7. The Bertz CT molecular complexity index is 921. The minimum Gasteiger partial charge on any atom is -0.494 e. The van der Waals surface area contributed by atoms with E-state index in [9.17, 15) is 14.4 Å². The molecule has 8 nitrogen and oxygen atoms in total. The van der Waals surface area contributed by atoms with E-state index in [1.165, 1.54) is 6.07 Å². The fourth-order valence-corrected chi connectivity index (χ4v) is 2.61. The zero-order valence-electron chi connectivity index (χ0n) is 16.2. The normalized spacial score (nSPS) is 9.93. The molecule has 0 spiro atoms. The molecule has 0 radical (unpaired) electrons. The first-order chi connectivity index (χ1) is 14.4. The van der Waals surface area contributed by atoms with E-state index >= 15 is 0 Å². The van der Waals surface area contributed by atoms with Gasteiger partial charge in [0, 0.05) is 29.1 Å². The smallest absolute Gasteiger partial charge is 0.257 e. The Morgan fingerprint density at radius 2 is 1.70 bits per heavy atom. The third-order valence-corrected chi connectivity index (χ3v) is 4.10. The van der Waals surface area contributed by atoms with E-state index in [2.05, 4.69) is 21.5 Å². The van der Waals surface area contributed by atoms with Crippen molar-refractivity contribution in [1.29, 1.82) is 0 Å². The summed E-state index contributed by atoms with van der Waals surface area (Å²) in [7, 11) is 0. The molecule has 4 N–H and O–H groups in total. The molecule has 158 valence electrons. The number of thiocarbonyl (C=S) groups is 1. The standard InChI is InChI=1S/C20H21ClN4O4S/c1-2-29-16-8-6-15(7-9-16)22-17(26)10-11-18(27)24-25-20(30)23-19(28)13-4-3-5-14(21)12-13/h3-9,12H,2,10-11H2,1H3,(H,22,26)(H,24,27)(H2,23,25,28,30). The summed E-state index contributed by atoms with van der Waals surface area (Å²) in [6.07, 6.45) is -0.0942. The first-order valence-electron chi connectivity index (χ1n) is 9.06. The number of hydrogen-bond acceptors (Lipinski definition) is 5. The van der Waals surface area contributed by atoms with Crippen molar-refractivity contribution in [2.24, 2.45) is 0 Å². The Hall–Kier alpha value is -3.17. The number of nitrogens with one attached hydrogen (secondary N) is 4.